The summed E-state index contributed by atoms with van der Waals surface area (Å²) in [6.45, 7) is 4.45. The summed E-state index contributed by atoms with van der Waals surface area (Å²) < 4.78 is 19.3. The third kappa shape index (κ3) is 2.65. The van der Waals surface area contributed by atoms with Gasteiger partial charge < -0.3 is 9.64 Å². The highest BCUT2D eigenvalue weighted by atomic mass is 19.1. The average Bonchev–Trinajstić information content (AvgIpc) is 2.51. The number of hydrogen-bond acceptors (Lipinski definition) is 4. The number of fused-ring (bicyclic) bond motifs is 1. The number of aromatic nitrogens is 2. The van der Waals surface area contributed by atoms with Crippen molar-refractivity contribution in [2.45, 2.75) is 44.7 Å². The van der Waals surface area contributed by atoms with Crippen molar-refractivity contribution in [1.29, 1.82) is 0 Å². The number of nitrogens with zero attached hydrogens (tertiary/aromatic N) is 3. The summed E-state index contributed by atoms with van der Waals surface area (Å²) in [5.41, 5.74) is 1.43. The van der Waals surface area contributed by atoms with Gasteiger partial charge in [0.2, 0.25) is 0 Å². The predicted octanol–water partition coefficient (Wildman–Crippen LogP) is 3.36. The zero-order valence-corrected chi connectivity index (χ0v) is 13.5. The number of piperidine rings is 1. The molecule has 3 rings (SSSR count). The Bertz CT molecular complexity index is 679. The van der Waals surface area contributed by atoms with Crippen LogP contribution >= 0.6 is 0 Å². The Kier molecular flexibility index (Phi) is 4.00. The van der Waals surface area contributed by atoms with Gasteiger partial charge in [-0.15, -0.1) is 0 Å². The van der Waals surface area contributed by atoms with Crippen LogP contribution in [-0.2, 0) is 0 Å². The monoisotopic (exact) mass is 303 g/mol. The van der Waals surface area contributed by atoms with Gasteiger partial charge in [0.15, 0.2) is 0 Å². The topological polar surface area (TPSA) is 38.2 Å². The van der Waals surface area contributed by atoms with Crippen LogP contribution in [0.2, 0.25) is 0 Å². The predicted molar refractivity (Wildman–Crippen MR) is 84.7 cm³/mol. The van der Waals surface area contributed by atoms with Gasteiger partial charge in [0, 0.05) is 35.5 Å². The first-order valence-electron chi connectivity index (χ1n) is 7.72. The van der Waals surface area contributed by atoms with Gasteiger partial charge in [-0.25, -0.2) is 4.39 Å². The van der Waals surface area contributed by atoms with Crippen molar-refractivity contribution in [3.8, 4) is 5.75 Å². The maximum absolute atomic E-state index is 14.2. The second-order valence-electron chi connectivity index (χ2n) is 6.34. The Morgan fingerprint density at radius 3 is 2.45 bits per heavy atom. The van der Waals surface area contributed by atoms with Crippen LogP contribution in [0.25, 0.3) is 10.9 Å². The van der Waals surface area contributed by atoms with E-state index in [9.17, 15) is 4.39 Å². The summed E-state index contributed by atoms with van der Waals surface area (Å²) in [5, 5.41) is 9.08. The molecule has 4 nitrogen and oxygen atoms in total. The van der Waals surface area contributed by atoms with E-state index in [0.717, 1.165) is 18.5 Å². The van der Waals surface area contributed by atoms with E-state index >= 15 is 0 Å². The second kappa shape index (κ2) is 5.80. The summed E-state index contributed by atoms with van der Waals surface area (Å²) in [4.78, 5) is 2.39. The maximum Gasteiger partial charge on any atom is 0.136 e. The molecule has 0 radical (unpaired) electrons. The number of methoxy groups -OCH3 is 1. The fourth-order valence-electron chi connectivity index (χ4n) is 3.34. The summed E-state index contributed by atoms with van der Waals surface area (Å²) in [6, 6.07) is 5.95. The van der Waals surface area contributed by atoms with E-state index in [-0.39, 0.29) is 5.82 Å². The lowest BCUT2D eigenvalue weighted by Gasteiger charge is -2.40. The molecule has 22 heavy (non-hydrogen) atoms. The van der Waals surface area contributed by atoms with Gasteiger partial charge in [-0.1, -0.05) is 0 Å². The summed E-state index contributed by atoms with van der Waals surface area (Å²) in [6.07, 6.45) is 2.05. The van der Waals surface area contributed by atoms with Gasteiger partial charge in [0.1, 0.15) is 11.6 Å². The van der Waals surface area contributed by atoms with Crippen molar-refractivity contribution in [3.63, 3.8) is 0 Å². The summed E-state index contributed by atoms with van der Waals surface area (Å²) in [7, 11) is 3.67. The van der Waals surface area contributed by atoms with Crippen LogP contribution in [0.5, 0.6) is 5.75 Å². The van der Waals surface area contributed by atoms with Gasteiger partial charge in [0.05, 0.1) is 18.3 Å². The smallest absolute Gasteiger partial charge is 0.136 e. The van der Waals surface area contributed by atoms with Crippen LogP contribution in [0.1, 0.15) is 38.3 Å². The lowest BCUT2D eigenvalue weighted by atomic mass is 9.85. The Balaban J connectivity index is 1.97. The quantitative estimate of drug-likeness (QED) is 0.852. The minimum atomic E-state index is -0.306. The van der Waals surface area contributed by atoms with Gasteiger partial charge in [-0.05, 0) is 39.8 Å². The van der Waals surface area contributed by atoms with Crippen LogP contribution in [-0.4, -0.2) is 41.3 Å². The molecular weight excluding hydrogens is 281 g/mol. The molecule has 0 saturated carbocycles. The Morgan fingerprint density at radius 2 is 1.82 bits per heavy atom. The molecule has 0 bridgehead atoms. The number of rotatable bonds is 2. The average molecular weight is 303 g/mol. The van der Waals surface area contributed by atoms with E-state index in [4.69, 9.17) is 4.74 Å². The molecule has 1 fully saturated rings. The highest BCUT2D eigenvalue weighted by Gasteiger charge is 2.30. The third-order valence-corrected chi connectivity index (χ3v) is 4.94. The minimum Gasteiger partial charge on any atom is -0.497 e. The molecule has 0 aliphatic carbocycles. The largest absolute Gasteiger partial charge is 0.497 e. The van der Waals surface area contributed by atoms with Crippen LogP contribution in [0.4, 0.5) is 4.39 Å². The third-order valence-electron chi connectivity index (χ3n) is 4.94. The lowest BCUT2D eigenvalue weighted by molar-refractivity contribution is 0.121. The van der Waals surface area contributed by atoms with E-state index < -0.39 is 0 Å². The minimum absolute atomic E-state index is 0.306. The Hall–Kier alpha value is -1.75. The summed E-state index contributed by atoms with van der Waals surface area (Å²) >= 11 is 0. The van der Waals surface area contributed by atoms with Crippen molar-refractivity contribution in [1.82, 2.24) is 15.1 Å². The van der Waals surface area contributed by atoms with E-state index in [2.05, 4.69) is 36.0 Å². The molecule has 2 atom stereocenters. The number of hydrogen-bond donors (Lipinski definition) is 0. The Morgan fingerprint density at radius 1 is 1.14 bits per heavy atom. The highest BCUT2D eigenvalue weighted by Crippen LogP contribution is 2.34. The molecule has 0 amide bonds. The number of ether oxygens (including phenoxy) is 1. The molecule has 1 aliphatic rings. The van der Waals surface area contributed by atoms with Gasteiger partial charge in [-0.3, -0.25) is 0 Å². The molecule has 0 N–H and O–H groups in total. The highest BCUT2D eigenvalue weighted by molar-refractivity contribution is 5.80. The van der Waals surface area contributed by atoms with Crippen LogP contribution in [0, 0.1) is 5.82 Å². The molecule has 5 heteroatoms. The Labute approximate surface area is 130 Å². The van der Waals surface area contributed by atoms with Crippen LogP contribution < -0.4 is 4.74 Å². The number of benzene rings is 1. The lowest BCUT2D eigenvalue weighted by Crippen LogP contribution is -2.43. The second-order valence-corrected chi connectivity index (χ2v) is 6.34. The van der Waals surface area contributed by atoms with Crippen LogP contribution in [0.15, 0.2) is 18.2 Å². The zero-order valence-electron chi connectivity index (χ0n) is 13.5. The van der Waals surface area contributed by atoms with E-state index in [0.29, 0.717) is 34.7 Å². The first-order valence-corrected chi connectivity index (χ1v) is 7.72. The molecule has 1 aromatic heterocycles. The van der Waals surface area contributed by atoms with E-state index in [1.807, 2.05) is 6.07 Å². The number of halogens is 1. The fraction of sp³-hybridized carbons (Fsp3) is 0.529. The normalized spacial score (nSPS) is 26.3. The molecule has 2 aromatic rings. The first-order chi connectivity index (χ1) is 10.5. The summed E-state index contributed by atoms with van der Waals surface area (Å²) in [5.74, 6) is 0.493. The first kappa shape index (κ1) is 15.2. The van der Waals surface area contributed by atoms with E-state index in [1.54, 1.807) is 6.07 Å². The van der Waals surface area contributed by atoms with Gasteiger partial charge in [-0.2, -0.15) is 10.2 Å². The molecule has 1 aliphatic heterocycles. The van der Waals surface area contributed by atoms with Crippen LogP contribution in [0.3, 0.4) is 0 Å². The fourth-order valence-corrected chi connectivity index (χ4v) is 3.34. The molecule has 0 spiro atoms. The molecule has 2 unspecified atom stereocenters. The molecule has 1 aromatic carbocycles. The van der Waals surface area contributed by atoms with E-state index in [1.165, 1.54) is 13.2 Å². The van der Waals surface area contributed by atoms with Crippen molar-refractivity contribution < 1.29 is 9.13 Å². The standard InChI is InChI=1S/C17H22FN3O/c1-10-5-12(6-11(2)21(10)3)16-9-14-15(18)7-13(22-4)8-17(14)20-19-16/h7-12H,5-6H2,1-4H3. The van der Waals surface area contributed by atoms with Crippen molar-refractivity contribution >= 4 is 10.9 Å². The SMILES string of the molecule is COc1cc(F)c2cc(C3CC(C)N(C)C(C)C3)nnc2c1. The van der Waals surface area contributed by atoms with Gasteiger partial charge >= 0.3 is 0 Å². The maximum atomic E-state index is 14.2. The zero-order chi connectivity index (χ0) is 15.9. The van der Waals surface area contributed by atoms with Crippen molar-refractivity contribution in [2.24, 2.45) is 0 Å². The molecule has 118 valence electrons. The molecular formula is C17H22FN3O. The van der Waals surface area contributed by atoms with Crippen molar-refractivity contribution in [3.05, 3.63) is 29.7 Å². The van der Waals surface area contributed by atoms with Crippen molar-refractivity contribution in [2.75, 3.05) is 14.2 Å². The molecule has 1 saturated heterocycles. The van der Waals surface area contributed by atoms with Gasteiger partial charge in [0.25, 0.3) is 0 Å². The number of likely N-dealkylation sites (tertiary alicyclic amines) is 1. The molecule has 2 heterocycles.